The molecule has 1 aromatic heterocycles. The first-order valence-electron chi connectivity index (χ1n) is 4.68. The Hall–Kier alpha value is 0.305. The van der Waals surface area contributed by atoms with Crippen LogP contribution in [0.5, 0.6) is 0 Å². The second-order valence-corrected chi connectivity index (χ2v) is 15.9. The van der Waals surface area contributed by atoms with Crippen molar-refractivity contribution >= 4 is 46.9 Å². The van der Waals surface area contributed by atoms with Gasteiger partial charge in [0, 0.05) is 0 Å². The molecule has 0 spiro atoms. The van der Waals surface area contributed by atoms with E-state index in [1.807, 2.05) is 25.1 Å². The number of rotatable bonds is 3. The maximum atomic E-state index is 6.15. The van der Waals surface area contributed by atoms with Crippen molar-refractivity contribution in [2.24, 2.45) is 0 Å². The van der Waals surface area contributed by atoms with E-state index in [-0.39, 0.29) is 0 Å². The van der Waals surface area contributed by atoms with Gasteiger partial charge in [0.2, 0.25) is 0 Å². The molecule has 0 aliphatic carbocycles. The third-order valence-corrected chi connectivity index (χ3v) is 12.1. The van der Waals surface area contributed by atoms with Crippen molar-refractivity contribution < 1.29 is 0 Å². The van der Waals surface area contributed by atoms with E-state index in [1.54, 1.807) is 0 Å². The Balaban J connectivity index is 3.11. The molecule has 84 valence electrons. The van der Waals surface area contributed by atoms with Crippen molar-refractivity contribution in [1.29, 1.82) is 0 Å². The van der Waals surface area contributed by atoms with Gasteiger partial charge in [-0.15, -0.1) is 0 Å². The predicted molar refractivity (Wildman–Crippen MR) is 72.3 cm³/mol. The number of hydrogen-bond donors (Lipinski definition) is 0. The van der Waals surface area contributed by atoms with Gasteiger partial charge < -0.3 is 0 Å². The van der Waals surface area contributed by atoms with Crippen LogP contribution in [0.25, 0.3) is 0 Å². The van der Waals surface area contributed by atoms with Gasteiger partial charge >= 0.3 is 106 Å². The van der Waals surface area contributed by atoms with Gasteiger partial charge in [0.15, 0.2) is 0 Å². The molecule has 1 rings (SSSR count). The summed E-state index contributed by atoms with van der Waals surface area (Å²) in [5.74, 6) is 0.930. The first-order valence-corrected chi connectivity index (χ1v) is 13.9. The van der Waals surface area contributed by atoms with Gasteiger partial charge in [-0.3, -0.25) is 0 Å². The molecule has 0 saturated carbocycles. The summed E-state index contributed by atoms with van der Waals surface area (Å²) in [5, 5.41) is 0. The molecular formula is C9H15AsCl2N2Si. The summed E-state index contributed by atoms with van der Waals surface area (Å²) in [6, 6.07) is 5.96. The van der Waals surface area contributed by atoms with Gasteiger partial charge in [0.05, 0.1) is 0 Å². The van der Waals surface area contributed by atoms with Crippen molar-refractivity contribution in [1.82, 2.24) is 4.98 Å². The standard InChI is InChI=1S/C9H15AsCl2N2Si/c1-8-6-5-7-9(13-8)14(10(11)12)15(2,3)4/h5-7H,1-4H3. The molecule has 6 heteroatoms. The Labute approximate surface area is 105 Å². The second kappa shape index (κ2) is 5.09. The van der Waals surface area contributed by atoms with Crippen molar-refractivity contribution in [2.45, 2.75) is 26.6 Å². The number of pyridine rings is 1. The Morgan fingerprint density at radius 3 is 2.27 bits per heavy atom. The first kappa shape index (κ1) is 13.4. The first-order chi connectivity index (χ1) is 6.82. The predicted octanol–water partition coefficient (Wildman–Crippen LogP) is 3.49. The quantitative estimate of drug-likeness (QED) is 0.791. The fourth-order valence-electron chi connectivity index (χ4n) is 1.29. The van der Waals surface area contributed by atoms with Gasteiger partial charge in [0.25, 0.3) is 0 Å². The molecular weight excluding hydrogens is 310 g/mol. The second-order valence-electron chi connectivity index (χ2n) is 4.33. The van der Waals surface area contributed by atoms with Gasteiger partial charge in [-0.25, -0.2) is 0 Å². The molecule has 0 atom stereocenters. The van der Waals surface area contributed by atoms with Crippen LogP contribution in [0.3, 0.4) is 0 Å². The molecule has 0 unspecified atom stereocenters. The van der Waals surface area contributed by atoms with Crippen LogP contribution in [0.2, 0.25) is 19.6 Å². The summed E-state index contributed by atoms with van der Waals surface area (Å²) in [5.41, 5.74) is 1.000. The van der Waals surface area contributed by atoms with E-state index < -0.39 is 21.2 Å². The summed E-state index contributed by atoms with van der Waals surface area (Å²) in [7, 11) is 10.8. The van der Waals surface area contributed by atoms with Gasteiger partial charge in [0.1, 0.15) is 0 Å². The third-order valence-electron chi connectivity index (χ3n) is 1.88. The summed E-state index contributed by atoms with van der Waals surface area (Å²) in [6.45, 7) is 8.66. The van der Waals surface area contributed by atoms with E-state index >= 15 is 0 Å². The molecule has 0 saturated heterocycles. The van der Waals surface area contributed by atoms with E-state index in [4.69, 9.17) is 19.9 Å². The van der Waals surface area contributed by atoms with Crippen LogP contribution < -0.4 is 3.48 Å². The minimum atomic E-state index is -1.95. The third kappa shape index (κ3) is 3.67. The van der Waals surface area contributed by atoms with Crippen LogP contribution in [0.1, 0.15) is 5.69 Å². The Kier molecular flexibility index (Phi) is 4.54. The molecule has 0 aromatic carbocycles. The summed E-state index contributed by atoms with van der Waals surface area (Å²) < 4.78 is 2.16. The number of aromatic nitrogens is 1. The fraction of sp³-hybridized carbons (Fsp3) is 0.444. The van der Waals surface area contributed by atoms with E-state index in [0.29, 0.717) is 0 Å². The Morgan fingerprint density at radius 1 is 1.27 bits per heavy atom. The fourth-order valence-corrected chi connectivity index (χ4v) is 13.8. The van der Waals surface area contributed by atoms with E-state index in [1.165, 1.54) is 0 Å². The van der Waals surface area contributed by atoms with Gasteiger partial charge in [-0.05, 0) is 0 Å². The molecule has 2 nitrogen and oxygen atoms in total. The van der Waals surface area contributed by atoms with Crippen molar-refractivity contribution in [2.75, 3.05) is 3.48 Å². The number of halogens is 2. The van der Waals surface area contributed by atoms with Gasteiger partial charge in [-0.2, -0.15) is 0 Å². The van der Waals surface area contributed by atoms with Crippen LogP contribution in [-0.2, 0) is 0 Å². The molecule has 0 aliphatic heterocycles. The number of nitrogens with zero attached hydrogens (tertiary/aromatic N) is 2. The number of anilines is 1. The van der Waals surface area contributed by atoms with Crippen LogP contribution in [-0.4, -0.2) is 26.2 Å². The SMILES string of the molecule is Cc1cccc(N([As](Cl)Cl)[Si](C)(C)C)n1. The van der Waals surface area contributed by atoms with Gasteiger partial charge in [-0.1, -0.05) is 0 Å². The molecule has 0 N–H and O–H groups in total. The average Bonchev–Trinajstić information content (AvgIpc) is 1.99. The number of aryl methyl sites for hydroxylation is 1. The van der Waals surface area contributed by atoms with Crippen LogP contribution >= 0.6 is 19.9 Å². The maximum absolute atomic E-state index is 6.15. The minimum absolute atomic E-state index is 0.930. The van der Waals surface area contributed by atoms with E-state index in [2.05, 4.69) is 28.1 Å². The molecule has 15 heavy (non-hydrogen) atoms. The van der Waals surface area contributed by atoms with Crippen LogP contribution in [0.4, 0.5) is 5.82 Å². The molecule has 1 aromatic rings. The summed E-state index contributed by atoms with van der Waals surface area (Å²) in [4.78, 5) is 4.49. The molecule has 0 bridgehead atoms. The van der Waals surface area contributed by atoms with E-state index in [9.17, 15) is 0 Å². The topological polar surface area (TPSA) is 16.1 Å². The zero-order valence-electron chi connectivity index (χ0n) is 9.33. The molecule has 0 amide bonds. The summed E-state index contributed by atoms with van der Waals surface area (Å²) >= 11 is -1.95. The Morgan fingerprint density at radius 2 is 1.87 bits per heavy atom. The average molecular weight is 325 g/mol. The van der Waals surface area contributed by atoms with Crippen LogP contribution in [0, 0.1) is 6.92 Å². The van der Waals surface area contributed by atoms with Crippen LogP contribution in [0.15, 0.2) is 18.2 Å². The van der Waals surface area contributed by atoms with E-state index in [0.717, 1.165) is 11.5 Å². The molecule has 0 radical (unpaired) electrons. The summed E-state index contributed by atoms with van der Waals surface area (Å²) in [6.07, 6.45) is 0. The zero-order valence-corrected chi connectivity index (χ0v) is 13.7. The molecule has 0 fully saturated rings. The molecule has 1 heterocycles. The number of hydrogen-bond acceptors (Lipinski definition) is 2. The zero-order chi connectivity index (χ0) is 11.6. The van der Waals surface area contributed by atoms with Crippen molar-refractivity contribution in [3.8, 4) is 0 Å². The Bertz CT molecular complexity index is 341. The molecule has 0 aliphatic rings. The van der Waals surface area contributed by atoms with Crippen molar-refractivity contribution in [3.05, 3.63) is 23.9 Å². The monoisotopic (exact) mass is 324 g/mol. The normalized spacial score (nSPS) is 11.9. The van der Waals surface area contributed by atoms with Crippen molar-refractivity contribution in [3.63, 3.8) is 0 Å².